The predicted octanol–water partition coefficient (Wildman–Crippen LogP) is 4.40. The third-order valence-electron chi connectivity index (χ3n) is 3.19. The van der Waals surface area contributed by atoms with Gasteiger partial charge in [-0.3, -0.25) is 0 Å². The summed E-state index contributed by atoms with van der Waals surface area (Å²) in [6.45, 7) is 3.39. The number of rotatable bonds is 9. The Morgan fingerprint density at radius 2 is 1.86 bits per heavy atom. The molecule has 2 aromatic rings. The Kier molecular flexibility index (Phi) is 6.57. The van der Waals surface area contributed by atoms with Crippen LogP contribution in [0.5, 0.6) is 11.5 Å². The molecular formula is C17H23NO2S. The van der Waals surface area contributed by atoms with Gasteiger partial charge in [-0.05, 0) is 68.4 Å². The zero-order chi connectivity index (χ0) is 14.9. The highest BCUT2D eigenvalue weighted by Crippen LogP contribution is 2.30. The third-order valence-corrected chi connectivity index (χ3v) is 4.16. The molecule has 0 spiro atoms. The topological polar surface area (TPSA) is 44.5 Å². The molecule has 0 radical (unpaired) electrons. The number of benzene rings is 1. The van der Waals surface area contributed by atoms with Crippen LogP contribution in [0.15, 0.2) is 41.8 Å². The summed E-state index contributed by atoms with van der Waals surface area (Å²) >= 11 is 1.74. The van der Waals surface area contributed by atoms with Crippen molar-refractivity contribution in [2.24, 2.45) is 5.73 Å². The van der Waals surface area contributed by atoms with Crippen molar-refractivity contribution in [3.63, 3.8) is 0 Å². The van der Waals surface area contributed by atoms with E-state index in [2.05, 4.69) is 17.5 Å². The van der Waals surface area contributed by atoms with Gasteiger partial charge in [0, 0.05) is 4.88 Å². The van der Waals surface area contributed by atoms with Gasteiger partial charge in [0.2, 0.25) is 0 Å². The van der Waals surface area contributed by atoms with E-state index in [-0.39, 0.29) is 6.10 Å². The molecule has 0 aliphatic heterocycles. The van der Waals surface area contributed by atoms with E-state index in [1.807, 2.05) is 31.2 Å². The summed E-state index contributed by atoms with van der Waals surface area (Å²) in [5.41, 5.74) is 5.58. The molecule has 0 saturated heterocycles. The van der Waals surface area contributed by atoms with Crippen molar-refractivity contribution in [3.05, 3.63) is 46.7 Å². The van der Waals surface area contributed by atoms with Crippen LogP contribution in [0.2, 0.25) is 0 Å². The van der Waals surface area contributed by atoms with Gasteiger partial charge in [-0.25, -0.2) is 0 Å². The van der Waals surface area contributed by atoms with Crippen LogP contribution in [0, 0.1) is 0 Å². The molecule has 4 heteroatoms. The van der Waals surface area contributed by atoms with E-state index >= 15 is 0 Å². The van der Waals surface area contributed by atoms with E-state index in [0.717, 1.165) is 37.3 Å². The third kappa shape index (κ3) is 5.06. The minimum absolute atomic E-state index is 0.106. The van der Waals surface area contributed by atoms with Crippen LogP contribution in [0.3, 0.4) is 0 Å². The van der Waals surface area contributed by atoms with Crippen molar-refractivity contribution < 1.29 is 9.47 Å². The Morgan fingerprint density at radius 3 is 2.48 bits per heavy atom. The van der Waals surface area contributed by atoms with Gasteiger partial charge in [0.05, 0.1) is 6.61 Å². The molecule has 0 fully saturated rings. The van der Waals surface area contributed by atoms with Gasteiger partial charge >= 0.3 is 0 Å². The molecule has 114 valence electrons. The molecule has 0 aliphatic rings. The molecule has 1 aromatic heterocycles. The maximum Gasteiger partial charge on any atom is 0.133 e. The Balaban J connectivity index is 2.00. The van der Waals surface area contributed by atoms with E-state index in [1.54, 1.807) is 11.3 Å². The lowest BCUT2D eigenvalue weighted by Gasteiger charge is -2.18. The van der Waals surface area contributed by atoms with Crippen LogP contribution < -0.4 is 15.2 Å². The van der Waals surface area contributed by atoms with Gasteiger partial charge in [-0.2, -0.15) is 0 Å². The quantitative estimate of drug-likeness (QED) is 0.699. The fraction of sp³-hybridized carbons (Fsp3) is 0.412. The number of nitrogens with two attached hydrogens (primary N) is 1. The van der Waals surface area contributed by atoms with E-state index < -0.39 is 0 Å². The standard InChI is InChI=1S/C17H23NO2S/c1-2-19-14-8-10-15(11-9-14)20-16(6-3-4-12-18)17-7-5-13-21-17/h5,7-11,13,16H,2-4,6,12,18H2,1H3. The molecule has 1 unspecified atom stereocenters. The minimum atomic E-state index is 0.106. The van der Waals surface area contributed by atoms with Crippen LogP contribution in [0.4, 0.5) is 0 Å². The minimum Gasteiger partial charge on any atom is -0.494 e. The fourth-order valence-corrected chi connectivity index (χ4v) is 2.94. The molecular weight excluding hydrogens is 282 g/mol. The summed E-state index contributed by atoms with van der Waals surface area (Å²) in [7, 11) is 0. The average Bonchev–Trinajstić information content (AvgIpc) is 3.03. The Bertz CT molecular complexity index is 496. The zero-order valence-corrected chi connectivity index (χ0v) is 13.3. The van der Waals surface area contributed by atoms with E-state index in [9.17, 15) is 0 Å². The monoisotopic (exact) mass is 305 g/mol. The predicted molar refractivity (Wildman–Crippen MR) is 88.2 cm³/mol. The fourth-order valence-electron chi connectivity index (χ4n) is 2.15. The summed E-state index contributed by atoms with van der Waals surface area (Å²) < 4.78 is 11.6. The zero-order valence-electron chi connectivity index (χ0n) is 12.5. The Morgan fingerprint density at radius 1 is 1.10 bits per heavy atom. The van der Waals surface area contributed by atoms with Crippen molar-refractivity contribution in [1.29, 1.82) is 0 Å². The molecule has 1 heterocycles. The second-order valence-electron chi connectivity index (χ2n) is 4.81. The molecule has 21 heavy (non-hydrogen) atoms. The molecule has 1 atom stereocenters. The number of hydrogen-bond acceptors (Lipinski definition) is 4. The Hall–Kier alpha value is -1.52. The summed E-state index contributed by atoms with van der Waals surface area (Å²) in [6.07, 6.45) is 3.21. The van der Waals surface area contributed by atoms with Crippen molar-refractivity contribution in [1.82, 2.24) is 0 Å². The molecule has 0 bridgehead atoms. The number of hydrogen-bond donors (Lipinski definition) is 1. The van der Waals surface area contributed by atoms with Gasteiger partial charge in [-0.15, -0.1) is 11.3 Å². The largest absolute Gasteiger partial charge is 0.494 e. The van der Waals surface area contributed by atoms with Crippen LogP contribution >= 0.6 is 11.3 Å². The molecule has 0 aliphatic carbocycles. The molecule has 0 amide bonds. The highest BCUT2D eigenvalue weighted by atomic mass is 32.1. The molecule has 2 rings (SSSR count). The summed E-state index contributed by atoms with van der Waals surface area (Å²) in [4.78, 5) is 1.26. The van der Waals surface area contributed by atoms with Gasteiger partial charge in [0.1, 0.15) is 17.6 Å². The lowest BCUT2D eigenvalue weighted by molar-refractivity contribution is 0.194. The smallest absolute Gasteiger partial charge is 0.133 e. The maximum atomic E-state index is 6.15. The lowest BCUT2D eigenvalue weighted by Crippen LogP contribution is -2.07. The van der Waals surface area contributed by atoms with E-state index in [4.69, 9.17) is 15.2 Å². The number of thiophene rings is 1. The van der Waals surface area contributed by atoms with Gasteiger partial charge < -0.3 is 15.2 Å². The summed E-state index contributed by atoms with van der Waals surface area (Å²) in [5.74, 6) is 1.75. The normalized spacial score (nSPS) is 12.1. The Labute approximate surface area is 130 Å². The molecule has 0 saturated carbocycles. The summed E-state index contributed by atoms with van der Waals surface area (Å²) in [6, 6.07) is 12.0. The van der Waals surface area contributed by atoms with Crippen LogP contribution in [0.25, 0.3) is 0 Å². The van der Waals surface area contributed by atoms with Crippen molar-refractivity contribution in [2.45, 2.75) is 32.3 Å². The second-order valence-corrected chi connectivity index (χ2v) is 5.79. The van der Waals surface area contributed by atoms with Crippen LogP contribution in [0.1, 0.15) is 37.2 Å². The lowest BCUT2D eigenvalue weighted by atomic mass is 10.1. The highest BCUT2D eigenvalue weighted by molar-refractivity contribution is 7.10. The van der Waals surface area contributed by atoms with Crippen LogP contribution in [-0.4, -0.2) is 13.2 Å². The molecule has 2 N–H and O–H groups in total. The number of ether oxygens (including phenoxy) is 2. The molecule has 1 aromatic carbocycles. The number of unbranched alkanes of at least 4 members (excludes halogenated alkanes) is 1. The van der Waals surface area contributed by atoms with Crippen molar-refractivity contribution in [2.75, 3.05) is 13.2 Å². The van der Waals surface area contributed by atoms with Gasteiger partial charge in [0.15, 0.2) is 0 Å². The van der Waals surface area contributed by atoms with Crippen molar-refractivity contribution in [3.8, 4) is 11.5 Å². The first kappa shape index (κ1) is 15.9. The van der Waals surface area contributed by atoms with Gasteiger partial charge in [0.25, 0.3) is 0 Å². The first-order valence-electron chi connectivity index (χ1n) is 7.46. The first-order chi connectivity index (χ1) is 10.3. The first-order valence-corrected chi connectivity index (χ1v) is 8.34. The van der Waals surface area contributed by atoms with Gasteiger partial charge in [-0.1, -0.05) is 6.07 Å². The van der Waals surface area contributed by atoms with Crippen molar-refractivity contribution >= 4 is 11.3 Å². The second kappa shape index (κ2) is 8.70. The average molecular weight is 305 g/mol. The maximum absolute atomic E-state index is 6.15. The van der Waals surface area contributed by atoms with E-state index in [1.165, 1.54) is 4.88 Å². The molecule has 3 nitrogen and oxygen atoms in total. The van der Waals surface area contributed by atoms with E-state index in [0.29, 0.717) is 6.61 Å². The SMILES string of the molecule is CCOc1ccc(OC(CCCCN)c2cccs2)cc1. The highest BCUT2D eigenvalue weighted by Gasteiger charge is 2.14. The summed E-state index contributed by atoms with van der Waals surface area (Å²) in [5, 5.41) is 2.09. The van der Waals surface area contributed by atoms with Crippen LogP contribution in [-0.2, 0) is 0 Å².